The van der Waals surface area contributed by atoms with E-state index in [0.717, 1.165) is 4.47 Å². The second-order valence-electron chi connectivity index (χ2n) is 3.98. The maximum atomic E-state index is 5.72. The zero-order valence-electron chi connectivity index (χ0n) is 9.55. The van der Waals surface area contributed by atoms with E-state index in [1.807, 2.05) is 7.05 Å². The molecular formula is C12H19BrN2. The van der Waals surface area contributed by atoms with Crippen molar-refractivity contribution in [3.05, 3.63) is 33.8 Å². The summed E-state index contributed by atoms with van der Waals surface area (Å²) in [4.78, 5) is 0. The molecule has 0 radical (unpaired) electrons. The summed E-state index contributed by atoms with van der Waals surface area (Å²) in [7, 11) is 1.98. The van der Waals surface area contributed by atoms with Gasteiger partial charge in [-0.2, -0.15) is 0 Å². The first-order valence-corrected chi connectivity index (χ1v) is 6.02. The Balaban J connectivity index is 3.05. The Hall–Kier alpha value is -0.380. The van der Waals surface area contributed by atoms with Gasteiger partial charge in [-0.3, -0.25) is 0 Å². The second-order valence-corrected chi connectivity index (χ2v) is 4.90. The lowest BCUT2D eigenvalue weighted by atomic mass is 9.92. The third-order valence-corrected chi connectivity index (χ3v) is 3.32. The lowest BCUT2D eigenvalue weighted by Crippen LogP contribution is -2.29. The quantitative estimate of drug-likeness (QED) is 0.883. The molecule has 0 saturated carbocycles. The third kappa shape index (κ3) is 3.03. The fourth-order valence-corrected chi connectivity index (χ4v) is 2.21. The molecule has 1 rings (SSSR count). The van der Waals surface area contributed by atoms with Gasteiger partial charge in [0.1, 0.15) is 0 Å². The minimum Gasteiger partial charge on any atom is -0.330 e. The van der Waals surface area contributed by atoms with Crippen molar-refractivity contribution in [1.29, 1.82) is 0 Å². The number of aryl methyl sites for hydroxylation is 1. The maximum Gasteiger partial charge on any atom is 0.0358 e. The van der Waals surface area contributed by atoms with Crippen LogP contribution in [0.15, 0.2) is 22.7 Å². The molecule has 0 fully saturated rings. The van der Waals surface area contributed by atoms with E-state index in [-0.39, 0.29) is 0 Å². The Morgan fingerprint density at radius 1 is 1.47 bits per heavy atom. The summed E-state index contributed by atoms with van der Waals surface area (Å²) in [5.41, 5.74) is 8.35. The molecule has 2 atom stereocenters. The zero-order chi connectivity index (χ0) is 11.4. The molecular weight excluding hydrogens is 252 g/mol. The summed E-state index contributed by atoms with van der Waals surface area (Å²) in [6, 6.07) is 6.70. The first-order chi connectivity index (χ1) is 7.10. The van der Waals surface area contributed by atoms with Crippen molar-refractivity contribution in [3.8, 4) is 0 Å². The van der Waals surface area contributed by atoms with Crippen molar-refractivity contribution >= 4 is 15.9 Å². The zero-order valence-corrected chi connectivity index (χ0v) is 11.1. The number of hydrogen-bond acceptors (Lipinski definition) is 2. The third-order valence-electron chi connectivity index (χ3n) is 2.83. The van der Waals surface area contributed by atoms with Crippen LogP contribution in [0.1, 0.15) is 24.1 Å². The largest absolute Gasteiger partial charge is 0.330 e. The van der Waals surface area contributed by atoms with E-state index in [2.05, 4.69) is 53.3 Å². The van der Waals surface area contributed by atoms with E-state index >= 15 is 0 Å². The average Bonchev–Trinajstić information content (AvgIpc) is 2.23. The van der Waals surface area contributed by atoms with Gasteiger partial charge in [-0.05, 0) is 49.7 Å². The van der Waals surface area contributed by atoms with Crippen LogP contribution in [0, 0.1) is 12.8 Å². The van der Waals surface area contributed by atoms with Crippen molar-refractivity contribution in [2.75, 3.05) is 13.6 Å². The summed E-state index contributed by atoms with van der Waals surface area (Å²) < 4.78 is 1.12. The molecule has 3 heteroatoms. The highest BCUT2D eigenvalue weighted by molar-refractivity contribution is 9.10. The summed E-state index contributed by atoms with van der Waals surface area (Å²) in [5.74, 6) is 0.433. The van der Waals surface area contributed by atoms with E-state index in [0.29, 0.717) is 18.5 Å². The molecule has 0 aromatic heterocycles. The van der Waals surface area contributed by atoms with Crippen LogP contribution in [-0.2, 0) is 0 Å². The summed E-state index contributed by atoms with van der Waals surface area (Å²) >= 11 is 3.51. The highest BCUT2D eigenvalue weighted by Crippen LogP contribution is 2.26. The van der Waals surface area contributed by atoms with Gasteiger partial charge in [0.2, 0.25) is 0 Å². The van der Waals surface area contributed by atoms with Crippen molar-refractivity contribution in [2.24, 2.45) is 11.7 Å². The molecule has 0 aliphatic rings. The second kappa shape index (κ2) is 5.64. The minimum atomic E-state index is 0.326. The van der Waals surface area contributed by atoms with Crippen LogP contribution in [0.5, 0.6) is 0 Å². The Morgan fingerprint density at radius 3 is 2.67 bits per heavy atom. The summed E-state index contributed by atoms with van der Waals surface area (Å²) in [5, 5.41) is 3.34. The minimum absolute atomic E-state index is 0.326. The number of rotatable bonds is 4. The molecule has 0 aliphatic carbocycles. The molecule has 84 valence electrons. The molecule has 0 heterocycles. The molecule has 1 aromatic carbocycles. The summed E-state index contributed by atoms with van der Waals surface area (Å²) in [6.45, 7) is 4.99. The van der Waals surface area contributed by atoms with Gasteiger partial charge in [-0.25, -0.2) is 0 Å². The van der Waals surface area contributed by atoms with E-state index in [4.69, 9.17) is 5.73 Å². The van der Waals surface area contributed by atoms with Crippen LogP contribution in [-0.4, -0.2) is 13.6 Å². The monoisotopic (exact) mass is 270 g/mol. The normalized spacial score (nSPS) is 15.0. The van der Waals surface area contributed by atoms with Crippen molar-refractivity contribution < 1.29 is 0 Å². The van der Waals surface area contributed by atoms with Crippen LogP contribution >= 0.6 is 15.9 Å². The Morgan fingerprint density at radius 2 is 2.13 bits per heavy atom. The molecule has 3 N–H and O–H groups in total. The predicted molar refractivity (Wildman–Crippen MR) is 68.9 cm³/mol. The molecule has 0 spiro atoms. The van der Waals surface area contributed by atoms with Crippen molar-refractivity contribution in [2.45, 2.75) is 19.9 Å². The number of halogens is 1. The van der Waals surface area contributed by atoms with Crippen molar-refractivity contribution in [3.63, 3.8) is 0 Å². The number of hydrogen-bond donors (Lipinski definition) is 2. The fourth-order valence-electron chi connectivity index (χ4n) is 1.83. The Bertz CT molecular complexity index is 325. The Kier molecular flexibility index (Phi) is 4.77. The molecule has 2 unspecified atom stereocenters. The van der Waals surface area contributed by atoms with Gasteiger partial charge < -0.3 is 11.1 Å². The molecule has 1 aromatic rings. The van der Waals surface area contributed by atoms with E-state index in [1.165, 1.54) is 11.1 Å². The summed E-state index contributed by atoms with van der Waals surface area (Å²) in [6.07, 6.45) is 0. The molecule has 15 heavy (non-hydrogen) atoms. The lowest BCUT2D eigenvalue weighted by Gasteiger charge is -2.24. The van der Waals surface area contributed by atoms with Gasteiger partial charge in [-0.15, -0.1) is 0 Å². The number of nitrogens with one attached hydrogen (secondary N) is 1. The molecule has 0 amide bonds. The molecule has 0 bridgehead atoms. The van der Waals surface area contributed by atoms with Crippen LogP contribution in [0.2, 0.25) is 0 Å². The number of nitrogens with two attached hydrogens (primary N) is 1. The first-order valence-electron chi connectivity index (χ1n) is 5.23. The first kappa shape index (κ1) is 12.7. The van der Waals surface area contributed by atoms with Crippen LogP contribution in [0.3, 0.4) is 0 Å². The lowest BCUT2D eigenvalue weighted by molar-refractivity contribution is 0.418. The van der Waals surface area contributed by atoms with Crippen molar-refractivity contribution in [1.82, 2.24) is 5.32 Å². The molecule has 2 nitrogen and oxygen atoms in total. The van der Waals surface area contributed by atoms with Gasteiger partial charge in [0.25, 0.3) is 0 Å². The van der Waals surface area contributed by atoms with E-state index in [1.54, 1.807) is 0 Å². The fraction of sp³-hybridized carbons (Fsp3) is 0.500. The molecule has 0 aliphatic heterocycles. The van der Waals surface area contributed by atoms with Gasteiger partial charge in [-0.1, -0.05) is 28.9 Å². The molecule has 0 saturated heterocycles. The highest BCUT2D eigenvalue weighted by atomic mass is 79.9. The van der Waals surface area contributed by atoms with Gasteiger partial charge >= 0.3 is 0 Å². The SMILES string of the molecule is CNC(c1cc(Br)ccc1C)C(C)CN. The van der Waals surface area contributed by atoms with E-state index < -0.39 is 0 Å². The Labute approximate surface area is 100 Å². The highest BCUT2D eigenvalue weighted by Gasteiger charge is 2.17. The van der Waals surface area contributed by atoms with E-state index in [9.17, 15) is 0 Å². The topological polar surface area (TPSA) is 38.0 Å². The van der Waals surface area contributed by atoms with Gasteiger partial charge in [0, 0.05) is 10.5 Å². The average molecular weight is 271 g/mol. The standard InChI is InChI=1S/C12H19BrN2/c1-8-4-5-10(13)6-11(8)12(15-3)9(2)7-14/h4-6,9,12,15H,7,14H2,1-3H3. The van der Waals surface area contributed by atoms with Crippen LogP contribution in [0.25, 0.3) is 0 Å². The van der Waals surface area contributed by atoms with Crippen LogP contribution in [0.4, 0.5) is 0 Å². The number of benzene rings is 1. The maximum absolute atomic E-state index is 5.72. The smallest absolute Gasteiger partial charge is 0.0358 e. The van der Waals surface area contributed by atoms with Crippen LogP contribution < -0.4 is 11.1 Å². The van der Waals surface area contributed by atoms with Gasteiger partial charge in [0.15, 0.2) is 0 Å². The van der Waals surface area contributed by atoms with Gasteiger partial charge in [0.05, 0.1) is 0 Å². The predicted octanol–water partition coefficient (Wildman–Crippen LogP) is 2.61.